The van der Waals surface area contributed by atoms with Gasteiger partial charge in [0.05, 0.1) is 0 Å². The van der Waals surface area contributed by atoms with Gasteiger partial charge in [-0.15, -0.1) is 0 Å². The van der Waals surface area contributed by atoms with Crippen LogP contribution in [0.15, 0.2) is 0 Å². The van der Waals surface area contributed by atoms with E-state index in [4.69, 9.17) is 11.5 Å². The molecule has 0 heterocycles. The molecule has 0 aromatic heterocycles. The van der Waals surface area contributed by atoms with Crippen LogP contribution in [0.1, 0.15) is 26.2 Å². The summed E-state index contributed by atoms with van der Waals surface area (Å²) in [4.78, 5) is 0. The third kappa shape index (κ3) is 1.94. The smallest absolute Gasteiger partial charge is 0.00456 e. The van der Waals surface area contributed by atoms with Gasteiger partial charge in [-0.2, -0.15) is 0 Å². The maximum atomic E-state index is 5.66. The Bertz CT molecular complexity index is 102. The van der Waals surface area contributed by atoms with Gasteiger partial charge >= 0.3 is 0 Å². The van der Waals surface area contributed by atoms with Crippen LogP contribution < -0.4 is 11.5 Å². The van der Waals surface area contributed by atoms with Crippen molar-refractivity contribution < 1.29 is 0 Å². The standard InChI is InChI=1S/C9H20N2/c1-2-7-3-8(5-10)9(4-7)6-11/h7-9H,2-6,10-11H2,1H3. The van der Waals surface area contributed by atoms with Gasteiger partial charge in [0.2, 0.25) is 0 Å². The molecule has 66 valence electrons. The fourth-order valence-corrected chi connectivity index (χ4v) is 2.25. The summed E-state index contributed by atoms with van der Waals surface area (Å²) in [6.07, 6.45) is 3.93. The molecule has 0 aliphatic heterocycles. The highest BCUT2D eigenvalue weighted by molar-refractivity contribution is 4.83. The predicted molar refractivity (Wildman–Crippen MR) is 48.1 cm³/mol. The van der Waals surface area contributed by atoms with Crippen molar-refractivity contribution in [2.45, 2.75) is 26.2 Å². The second-order valence-corrected chi connectivity index (χ2v) is 3.74. The van der Waals surface area contributed by atoms with Gasteiger partial charge in [0, 0.05) is 0 Å². The van der Waals surface area contributed by atoms with Crippen molar-refractivity contribution in [3.63, 3.8) is 0 Å². The van der Waals surface area contributed by atoms with E-state index in [2.05, 4.69) is 6.92 Å². The molecule has 0 aromatic rings. The molecule has 0 saturated heterocycles. The highest BCUT2D eigenvalue weighted by atomic mass is 14.6. The summed E-state index contributed by atoms with van der Waals surface area (Å²) in [5.41, 5.74) is 11.3. The lowest BCUT2D eigenvalue weighted by Crippen LogP contribution is -2.24. The molecule has 0 spiro atoms. The number of nitrogens with two attached hydrogens (primary N) is 2. The SMILES string of the molecule is CCC1CC(CN)C(CN)C1. The summed E-state index contributed by atoms with van der Waals surface area (Å²) in [7, 11) is 0. The number of hydrogen-bond donors (Lipinski definition) is 2. The molecule has 1 rings (SSSR count). The van der Waals surface area contributed by atoms with Crippen LogP contribution in [0.3, 0.4) is 0 Å². The average molecular weight is 156 g/mol. The maximum Gasteiger partial charge on any atom is -0.00456 e. The van der Waals surface area contributed by atoms with Crippen molar-refractivity contribution in [1.29, 1.82) is 0 Å². The molecule has 2 unspecified atom stereocenters. The zero-order chi connectivity index (χ0) is 8.27. The molecule has 0 bridgehead atoms. The molecule has 0 radical (unpaired) electrons. The molecule has 2 nitrogen and oxygen atoms in total. The van der Waals surface area contributed by atoms with Crippen molar-refractivity contribution in [2.75, 3.05) is 13.1 Å². The Labute approximate surface area is 69.3 Å². The summed E-state index contributed by atoms with van der Waals surface area (Å²) >= 11 is 0. The lowest BCUT2D eigenvalue weighted by atomic mass is 9.97. The zero-order valence-corrected chi connectivity index (χ0v) is 7.42. The molecular formula is C9H20N2. The fraction of sp³-hybridized carbons (Fsp3) is 1.00. The first-order valence-corrected chi connectivity index (χ1v) is 4.71. The lowest BCUT2D eigenvalue weighted by Gasteiger charge is -2.14. The van der Waals surface area contributed by atoms with Gasteiger partial charge in [-0.25, -0.2) is 0 Å². The molecule has 2 atom stereocenters. The molecule has 0 aromatic carbocycles. The van der Waals surface area contributed by atoms with Crippen LogP contribution in [0.2, 0.25) is 0 Å². The first-order chi connectivity index (χ1) is 5.31. The summed E-state index contributed by atoms with van der Waals surface area (Å²) in [6.45, 7) is 3.92. The van der Waals surface area contributed by atoms with Crippen LogP contribution >= 0.6 is 0 Å². The van der Waals surface area contributed by atoms with Crippen molar-refractivity contribution in [3.8, 4) is 0 Å². The first kappa shape index (κ1) is 9.01. The Morgan fingerprint density at radius 3 is 1.82 bits per heavy atom. The monoisotopic (exact) mass is 156 g/mol. The Morgan fingerprint density at radius 1 is 1.09 bits per heavy atom. The van der Waals surface area contributed by atoms with E-state index in [9.17, 15) is 0 Å². The molecule has 11 heavy (non-hydrogen) atoms. The summed E-state index contributed by atoms with van der Waals surface area (Å²) in [5, 5.41) is 0. The van der Waals surface area contributed by atoms with Gasteiger partial charge < -0.3 is 11.5 Å². The first-order valence-electron chi connectivity index (χ1n) is 4.71. The molecule has 1 aliphatic rings. The van der Waals surface area contributed by atoms with Gasteiger partial charge in [-0.1, -0.05) is 13.3 Å². The van der Waals surface area contributed by atoms with E-state index in [1.54, 1.807) is 0 Å². The third-order valence-corrected chi connectivity index (χ3v) is 3.12. The minimum atomic E-state index is 0.713. The number of rotatable bonds is 3. The topological polar surface area (TPSA) is 52.0 Å². The minimum Gasteiger partial charge on any atom is -0.330 e. The van der Waals surface area contributed by atoms with Gasteiger partial charge in [-0.3, -0.25) is 0 Å². The van der Waals surface area contributed by atoms with E-state index in [1.807, 2.05) is 0 Å². The van der Waals surface area contributed by atoms with Crippen LogP contribution in [0.5, 0.6) is 0 Å². The van der Waals surface area contributed by atoms with Gasteiger partial charge in [-0.05, 0) is 43.7 Å². The molecule has 4 N–H and O–H groups in total. The lowest BCUT2D eigenvalue weighted by molar-refractivity contribution is 0.405. The maximum absolute atomic E-state index is 5.66. The van der Waals surface area contributed by atoms with Crippen LogP contribution in [0.25, 0.3) is 0 Å². The molecule has 0 amide bonds. The summed E-state index contributed by atoms with van der Waals surface area (Å²) in [6, 6.07) is 0. The largest absolute Gasteiger partial charge is 0.330 e. The fourth-order valence-electron chi connectivity index (χ4n) is 2.25. The Kier molecular flexibility index (Phi) is 3.34. The Hall–Kier alpha value is -0.0800. The molecule has 2 heteroatoms. The van der Waals surface area contributed by atoms with Crippen molar-refractivity contribution in [1.82, 2.24) is 0 Å². The van der Waals surface area contributed by atoms with E-state index in [0.29, 0.717) is 11.8 Å². The predicted octanol–water partition coefficient (Wildman–Crippen LogP) is 0.956. The van der Waals surface area contributed by atoms with E-state index in [0.717, 1.165) is 19.0 Å². The van der Waals surface area contributed by atoms with Crippen LogP contribution in [0.4, 0.5) is 0 Å². The number of hydrogen-bond acceptors (Lipinski definition) is 2. The van der Waals surface area contributed by atoms with E-state index >= 15 is 0 Å². The quantitative estimate of drug-likeness (QED) is 0.639. The van der Waals surface area contributed by atoms with Crippen molar-refractivity contribution in [3.05, 3.63) is 0 Å². The van der Waals surface area contributed by atoms with Crippen LogP contribution in [-0.2, 0) is 0 Å². The second-order valence-electron chi connectivity index (χ2n) is 3.74. The minimum absolute atomic E-state index is 0.713. The normalized spacial score (nSPS) is 37.9. The van der Waals surface area contributed by atoms with Crippen molar-refractivity contribution >= 4 is 0 Å². The highest BCUT2D eigenvalue weighted by Gasteiger charge is 2.30. The molecule has 1 saturated carbocycles. The third-order valence-electron chi connectivity index (χ3n) is 3.12. The molecular weight excluding hydrogens is 136 g/mol. The van der Waals surface area contributed by atoms with Gasteiger partial charge in [0.25, 0.3) is 0 Å². The summed E-state index contributed by atoms with van der Waals surface area (Å²) in [5.74, 6) is 2.33. The van der Waals surface area contributed by atoms with Crippen molar-refractivity contribution in [2.24, 2.45) is 29.2 Å². The van der Waals surface area contributed by atoms with Crippen LogP contribution in [0, 0.1) is 17.8 Å². The van der Waals surface area contributed by atoms with E-state index in [-0.39, 0.29) is 0 Å². The van der Waals surface area contributed by atoms with Gasteiger partial charge in [0.15, 0.2) is 0 Å². The van der Waals surface area contributed by atoms with Crippen LogP contribution in [-0.4, -0.2) is 13.1 Å². The summed E-state index contributed by atoms with van der Waals surface area (Å²) < 4.78 is 0. The highest BCUT2D eigenvalue weighted by Crippen LogP contribution is 2.36. The van der Waals surface area contributed by atoms with E-state index < -0.39 is 0 Å². The van der Waals surface area contributed by atoms with E-state index in [1.165, 1.54) is 19.3 Å². The zero-order valence-electron chi connectivity index (χ0n) is 7.42. The molecule has 1 fully saturated rings. The molecule has 1 aliphatic carbocycles. The second kappa shape index (κ2) is 4.07. The Balaban J connectivity index is 2.41. The average Bonchev–Trinajstić information content (AvgIpc) is 2.46. The Morgan fingerprint density at radius 2 is 1.55 bits per heavy atom. The van der Waals surface area contributed by atoms with Gasteiger partial charge in [0.1, 0.15) is 0 Å².